The lowest BCUT2D eigenvalue weighted by molar-refractivity contribution is -0.360. The molecule has 6 rings (SSSR count). The lowest BCUT2D eigenvalue weighted by atomic mass is 9.96. The summed E-state index contributed by atoms with van der Waals surface area (Å²) in [5.41, 5.74) is 11.4. The monoisotopic (exact) mass is 887 g/mol. The van der Waals surface area contributed by atoms with Gasteiger partial charge >= 0.3 is 17.9 Å². The minimum absolute atomic E-state index is 0.00169. The fourth-order valence-electron chi connectivity index (χ4n) is 7.87. The van der Waals surface area contributed by atoms with Gasteiger partial charge in [0.15, 0.2) is 24.8 Å². The van der Waals surface area contributed by atoms with Crippen molar-refractivity contribution in [3.05, 3.63) is 166 Å². The molecule has 2 saturated heterocycles. The predicted molar refractivity (Wildman–Crippen MR) is 245 cm³/mol. The Morgan fingerprint density at radius 3 is 1.74 bits per heavy atom. The summed E-state index contributed by atoms with van der Waals surface area (Å²) in [5, 5.41) is 4.03. The number of hydrogen-bond acceptors (Lipinski definition) is 11. The van der Waals surface area contributed by atoms with Crippen LogP contribution in [0.15, 0.2) is 139 Å². The summed E-state index contributed by atoms with van der Waals surface area (Å²) < 4.78 is 43.9. The van der Waals surface area contributed by atoms with E-state index in [0.717, 1.165) is 31.2 Å². The Labute approximate surface area is 382 Å². The van der Waals surface area contributed by atoms with Gasteiger partial charge in [0.25, 0.3) is 0 Å². The van der Waals surface area contributed by atoms with Gasteiger partial charge < -0.3 is 33.2 Å². The molecule has 1 unspecified atom stereocenters. The van der Waals surface area contributed by atoms with Gasteiger partial charge in [0.1, 0.15) is 24.4 Å². The van der Waals surface area contributed by atoms with Crippen molar-refractivity contribution < 1.29 is 47.5 Å². The SMILES string of the molecule is CCCCCCCCCCCCCC=C[C@@H](OC(=O)c1ccccc1)[C@H](CO[C@@H]1O[C@@H]2COC(c3ccccc3)O[C@@H]2[C@H](OC(=O)c2ccccc2)[C@H]1OC(=O)c1ccccc1)N=[N+]=[N-]. The highest BCUT2D eigenvalue weighted by Gasteiger charge is 2.54. The van der Waals surface area contributed by atoms with Crippen LogP contribution in [0.1, 0.15) is 127 Å². The van der Waals surface area contributed by atoms with Crippen LogP contribution in [-0.4, -0.2) is 74.0 Å². The number of carbonyl (C=O) groups excluding carboxylic acids is 3. The van der Waals surface area contributed by atoms with Gasteiger partial charge in [-0.2, -0.15) is 0 Å². The van der Waals surface area contributed by atoms with E-state index in [-0.39, 0.29) is 24.3 Å². The van der Waals surface area contributed by atoms with E-state index in [1.54, 1.807) is 97.1 Å². The Kier molecular flexibility index (Phi) is 20.1. The fourth-order valence-corrected chi connectivity index (χ4v) is 7.87. The minimum Gasteiger partial charge on any atom is -0.454 e. The van der Waals surface area contributed by atoms with Gasteiger partial charge in [-0.15, -0.1) is 0 Å². The third-order valence-corrected chi connectivity index (χ3v) is 11.4. The highest BCUT2D eigenvalue weighted by Crippen LogP contribution is 2.37. The van der Waals surface area contributed by atoms with E-state index >= 15 is 0 Å². The quantitative estimate of drug-likeness (QED) is 0.0119. The lowest BCUT2D eigenvalue weighted by Gasteiger charge is -2.48. The highest BCUT2D eigenvalue weighted by atomic mass is 16.8. The molecule has 0 saturated carbocycles. The van der Waals surface area contributed by atoms with Crippen molar-refractivity contribution in [3.63, 3.8) is 0 Å². The van der Waals surface area contributed by atoms with Crippen LogP contribution in [0.3, 0.4) is 0 Å². The van der Waals surface area contributed by atoms with Gasteiger partial charge in [-0.05, 0) is 60.8 Å². The van der Waals surface area contributed by atoms with Gasteiger partial charge in [0.2, 0.25) is 0 Å². The molecular formula is C52H61N3O10. The van der Waals surface area contributed by atoms with Crippen molar-refractivity contribution in [3.8, 4) is 0 Å². The van der Waals surface area contributed by atoms with Gasteiger partial charge in [0.05, 0.1) is 29.9 Å². The number of allylic oxidation sites excluding steroid dienone is 1. The van der Waals surface area contributed by atoms with Gasteiger partial charge in [-0.3, -0.25) is 0 Å². The zero-order valence-corrected chi connectivity index (χ0v) is 37.1. The second-order valence-corrected chi connectivity index (χ2v) is 16.3. The van der Waals surface area contributed by atoms with Crippen molar-refractivity contribution >= 4 is 17.9 Å². The van der Waals surface area contributed by atoms with Gasteiger partial charge in [0, 0.05) is 10.5 Å². The molecule has 0 aliphatic carbocycles. The van der Waals surface area contributed by atoms with Crippen LogP contribution < -0.4 is 0 Å². The number of nitrogens with zero attached hydrogens (tertiary/aromatic N) is 3. The van der Waals surface area contributed by atoms with Gasteiger partial charge in [-0.25, -0.2) is 14.4 Å². The number of unbranched alkanes of at least 4 members (excludes halogenated alkanes) is 11. The number of ether oxygens (including phenoxy) is 7. The number of rotatable bonds is 25. The number of fused-ring (bicyclic) bond motifs is 1. The summed E-state index contributed by atoms with van der Waals surface area (Å²) in [5.74, 6) is -2.04. The Bertz CT molecular complexity index is 2100. The van der Waals surface area contributed by atoms with Crippen LogP contribution >= 0.6 is 0 Å². The van der Waals surface area contributed by atoms with Crippen LogP contribution in [0.5, 0.6) is 0 Å². The van der Waals surface area contributed by atoms with Crippen LogP contribution in [-0.2, 0) is 33.2 Å². The average Bonchev–Trinajstić information content (AvgIpc) is 3.35. The molecule has 4 aromatic rings. The second kappa shape index (κ2) is 26.8. The van der Waals surface area contributed by atoms with Crippen LogP contribution in [0, 0.1) is 0 Å². The number of azide groups is 1. The van der Waals surface area contributed by atoms with Gasteiger partial charge in [-0.1, -0.05) is 167 Å². The zero-order chi connectivity index (χ0) is 45.5. The molecule has 0 amide bonds. The maximum absolute atomic E-state index is 13.8. The molecule has 2 aliphatic rings. The number of carbonyl (C=O) groups is 3. The first kappa shape index (κ1) is 48.6. The minimum atomic E-state index is -1.40. The molecule has 4 aromatic carbocycles. The van der Waals surface area contributed by atoms with E-state index in [1.807, 2.05) is 36.4 Å². The third-order valence-electron chi connectivity index (χ3n) is 11.4. The van der Waals surface area contributed by atoms with Crippen molar-refractivity contribution in [2.75, 3.05) is 13.2 Å². The van der Waals surface area contributed by atoms with Crippen molar-refractivity contribution in [2.24, 2.45) is 5.11 Å². The summed E-state index contributed by atoms with van der Waals surface area (Å²) in [6.07, 6.45) is 9.95. The van der Waals surface area contributed by atoms with Crippen molar-refractivity contribution in [1.29, 1.82) is 0 Å². The fraction of sp³-hybridized carbons (Fsp3) is 0.442. The first-order chi connectivity index (χ1) is 31.9. The molecule has 0 spiro atoms. The topological polar surface area (TPSA) is 165 Å². The Balaban J connectivity index is 1.21. The summed E-state index contributed by atoms with van der Waals surface area (Å²) in [6, 6.07) is 33.5. The molecule has 2 fully saturated rings. The second-order valence-electron chi connectivity index (χ2n) is 16.3. The zero-order valence-electron chi connectivity index (χ0n) is 37.1. The maximum Gasteiger partial charge on any atom is 0.338 e. The Hall–Kier alpha value is -5.82. The predicted octanol–water partition coefficient (Wildman–Crippen LogP) is 11.5. The molecular weight excluding hydrogens is 827 g/mol. The Morgan fingerprint density at radius 1 is 0.677 bits per heavy atom. The first-order valence-corrected chi connectivity index (χ1v) is 23.0. The summed E-state index contributed by atoms with van der Waals surface area (Å²) in [7, 11) is 0. The maximum atomic E-state index is 13.8. The lowest BCUT2D eigenvalue weighted by Crippen LogP contribution is -2.64. The molecule has 8 atom stereocenters. The molecule has 0 N–H and O–H groups in total. The standard InChI is InChI=1S/C52H61N3O10/c1-2-3-4-5-6-7-8-9-10-11-12-13-26-35-43(61-48(56)38-27-18-14-19-28-38)42(54-55-53)36-59-52-47(64-50(58)40-31-22-16-23-32-40)46(63-49(57)39-29-20-15-21-30-39)45-44(62-52)37-60-51(65-45)41-33-24-17-25-34-41/h14-35,42-47,51-52H,2-13,36-37H2,1H3/t42-,43+,44+,45-,46-,47+,51?,52+/m0/s1. The molecule has 0 radical (unpaired) electrons. The van der Waals surface area contributed by atoms with Crippen LogP contribution in [0.2, 0.25) is 0 Å². The first-order valence-electron chi connectivity index (χ1n) is 23.0. The largest absolute Gasteiger partial charge is 0.454 e. The van der Waals surface area contributed by atoms with Crippen molar-refractivity contribution in [1.82, 2.24) is 0 Å². The van der Waals surface area contributed by atoms with Crippen LogP contribution in [0.4, 0.5) is 0 Å². The summed E-state index contributed by atoms with van der Waals surface area (Å²) in [6.45, 7) is 1.88. The number of hydrogen-bond donors (Lipinski definition) is 0. The average molecular weight is 888 g/mol. The Morgan fingerprint density at radius 2 is 1.18 bits per heavy atom. The smallest absolute Gasteiger partial charge is 0.338 e. The molecule has 65 heavy (non-hydrogen) atoms. The molecule has 344 valence electrons. The molecule has 0 aromatic heterocycles. The molecule has 13 nitrogen and oxygen atoms in total. The highest BCUT2D eigenvalue weighted by molar-refractivity contribution is 5.90. The summed E-state index contributed by atoms with van der Waals surface area (Å²) in [4.78, 5) is 44.2. The number of esters is 3. The number of benzene rings is 4. The molecule has 2 aliphatic heterocycles. The van der Waals surface area contributed by atoms with E-state index in [9.17, 15) is 19.9 Å². The normalized spacial score (nSPS) is 21.3. The van der Waals surface area contributed by atoms with E-state index in [4.69, 9.17) is 33.2 Å². The molecule has 2 heterocycles. The van der Waals surface area contributed by atoms with E-state index in [1.165, 1.54) is 51.4 Å². The van der Waals surface area contributed by atoms with Crippen LogP contribution in [0.25, 0.3) is 10.4 Å². The van der Waals surface area contributed by atoms with E-state index < -0.39 is 67.0 Å². The molecule has 13 heteroatoms. The van der Waals surface area contributed by atoms with Crippen molar-refractivity contribution in [2.45, 2.75) is 133 Å². The van der Waals surface area contributed by atoms with E-state index in [0.29, 0.717) is 5.56 Å². The molecule has 0 bridgehead atoms. The summed E-state index contributed by atoms with van der Waals surface area (Å²) >= 11 is 0. The van der Waals surface area contributed by atoms with E-state index in [2.05, 4.69) is 16.9 Å². The third kappa shape index (κ3) is 15.1.